The van der Waals surface area contributed by atoms with Crippen molar-refractivity contribution in [1.29, 1.82) is 0 Å². The topological polar surface area (TPSA) is 75.6 Å². The summed E-state index contributed by atoms with van der Waals surface area (Å²) in [6.07, 6.45) is 0. The van der Waals surface area contributed by atoms with Crippen molar-refractivity contribution >= 4 is 32.7 Å². The van der Waals surface area contributed by atoms with Crippen molar-refractivity contribution in [2.75, 3.05) is 13.2 Å². The van der Waals surface area contributed by atoms with E-state index in [1.165, 1.54) is 22.7 Å². The van der Waals surface area contributed by atoms with E-state index in [2.05, 4.69) is 4.72 Å². The Hall–Kier alpha value is -1.71. The largest absolute Gasteiger partial charge is 0.492 e. The molecule has 27 heavy (non-hydrogen) atoms. The highest BCUT2D eigenvalue weighted by atomic mass is 32.2. The number of nitrogens with one attached hydrogen (secondary N) is 1. The van der Waals surface area contributed by atoms with Crippen LogP contribution < -0.4 is 9.46 Å². The second kappa shape index (κ2) is 8.12. The lowest BCUT2D eigenvalue weighted by Crippen LogP contribution is -2.41. The fourth-order valence-corrected chi connectivity index (χ4v) is 5.58. The first kappa shape index (κ1) is 20.0. The van der Waals surface area contributed by atoms with Crippen LogP contribution in [0.1, 0.15) is 22.9 Å². The van der Waals surface area contributed by atoms with Crippen LogP contribution in [0.2, 0.25) is 0 Å². The zero-order valence-corrected chi connectivity index (χ0v) is 17.5. The van der Waals surface area contributed by atoms with E-state index in [-0.39, 0.29) is 11.4 Å². The SMILES string of the molecule is CCOc1ccc(C)cc1S(=O)(=O)NCC(O)(c1ccsc1)c1cccs1. The summed E-state index contributed by atoms with van der Waals surface area (Å²) in [6.45, 7) is 3.81. The monoisotopic (exact) mass is 423 g/mol. The number of hydrogen-bond acceptors (Lipinski definition) is 6. The Balaban J connectivity index is 1.93. The van der Waals surface area contributed by atoms with E-state index < -0.39 is 15.6 Å². The zero-order chi connectivity index (χ0) is 19.5. The zero-order valence-electron chi connectivity index (χ0n) is 15.0. The Bertz CT molecular complexity index is 946. The van der Waals surface area contributed by atoms with Crippen LogP contribution in [0.3, 0.4) is 0 Å². The maximum Gasteiger partial charge on any atom is 0.244 e. The van der Waals surface area contributed by atoms with Gasteiger partial charge in [-0.2, -0.15) is 11.3 Å². The molecular formula is C19H21NO4S3. The number of ether oxygens (including phenoxy) is 1. The fraction of sp³-hybridized carbons (Fsp3) is 0.263. The molecule has 2 aromatic heterocycles. The maximum atomic E-state index is 13.0. The van der Waals surface area contributed by atoms with Crippen molar-refractivity contribution < 1.29 is 18.3 Å². The number of rotatable bonds is 8. The number of sulfonamides is 1. The number of aryl methyl sites for hydroxylation is 1. The van der Waals surface area contributed by atoms with Crippen molar-refractivity contribution in [3.63, 3.8) is 0 Å². The molecule has 5 nitrogen and oxygen atoms in total. The van der Waals surface area contributed by atoms with Gasteiger partial charge in [-0.15, -0.1) is 11.3 Å². The third-order valence-electron chi connectivity index (χ3n) is 4.13. The summed E-state index contributed by atoms with van der Waals surface area (Å²) in [5.41, 5.74) is 0.0358. The molecule has 0 fully saturated rings. The van der Waals surface area contributed by atoms with Gasteiger partial charge in [0.25, 0.3) is 0 Å². The second-order valence-corrected chi connectivity index (χ2v) is 9.52. The highest BCUT2D eigenvalue weighted by molar-refractivity contribution is 7.89. The molecule has 0 saturated carbocycles. The highest BCUT2D eigenvalue weighted by Gasteiger charge is 2.35. The van der Waals surface area contributed by atoms with Crippen molar-refractivity contribution in [3.05, 3.63) is 68.5 Å². The van der Waals surface area contributed by atoms with Crippen molar-refractivity contribution in [2.24, 2.45) is 0 Å². The second-order valence-electron chi connectivity index (χ2n) is 6.06. The third kappa shape index (κ3) is 4.25. The molecule has 2 N–H and O–H groups in total. The van der Waals surface area contributed by atoms with E-state index in [1.807, 2.05) is 29.1 Å². The molecule has 0 bridgehead atoms. The molecule has 1 aromatic carbocycles. The summed E-state index contributed by atoms with van der Waals surface area (Å²) >= 11 is 2.84. The van der Waals surface area contributed by atoms with Crippen LogP contribution in [0.25, 0.3) is 0 Å². The molecule has 8 heteroatoms. The van der Waals surface area contributed by atoms with Gasteiger partial charge < -0.3 is 9.84 Å². The molecule has 3 aromatic rings. The molecule has 144 valence electrons. The normalized spacial score (nSPS) is 14.0. The predicted octanol–water partition coefficient (Wildman–Crippen LogP) is 3.73. The maximum absolute atomic E-state index is 13.0. The fourth-order valence-electron chi connectivity index (χ4n) is 2.72. The molecule has 3 rings (SSSR count). The van der Waals surface area contributed by atoms with Gasteiger partial charge >= 0.3 is 0 Å². The first-order valence-corrected chi connectivity index (χ1v) is 11.7. The molecule has 0 aliphatic carbocycles. The minimum Gasteiger partial charge on any atom is -0.492 e. The molecule has 1 atom stereocenters. The van der Waals surface area contributed by atoms with Gasteiger partial charge in [0.05, 0.1) is 6.61 Å². The van der Waals surface area contributed by atoms with Gasteiger partial charge in [0.15, 0.2) is 0 Å². The van der Waals surface area contributed by atoms with Crippen molar-refractivity contribution in [1.82, 2.24) is 4.72 Å². The van der Waals surface area contributed by atoms with E-state index in [9.17, 15) is 13.5 Å². The van der Waals surface area contributed by atoms with Crippen LogP contribution in [-0.4, -0.2) is 26.7 Å². The number of hydrogen-bond donors (Lipinski definition) is 2. The van der Waals surface area contributed by atoms with Gasteiger partial charge in [0, 0.05) is 17.0 Å². The van der Waals surface area contributed by atoms with E-state index in [4.69, 9.17) is 4.74 Å². The van der Waals surface area contributed by atoms with E-state index in [1.54, 1.807) is 37.3 Å². The number of benzene rings is 1. The first-order valence-electron chi connectivity index (χ1n) is 8.39. The van der Waals surface area contributed by atoms with Crippen LogP contribution in [0.5, 0.6) is 5.75 Å². The molecular weight excluding hydrogens is 402 g/mol. The smallest absolute Gasteiger partial charge is 0.244 e. The number of thiophene rings is 2. The Morgan fingerprint density at radius 2 is 2.04 bits per heavy atom. The van der Waals surface area contributed by atoms with Gasteiger partial charge in [-0.25, -0.2) is 13.1 Å². The molecule has 0 amide bonds. The van der Waals surface area contributed by atoms with Crippen LogP contribution >= 0.6 is 22.7 Å². The number of aliphatic hydroxyl groups is 1. The highest BCUT2D eigenvalue weighted by Crippen LogP contribution is 2.34. The molecule has 0 aliphatic rings. The Morgan fingerprint density at radius 3 is 2.67 bits per heavy atom. The Morgan fingerprint density at radius 1 is 1.22 bits per heavy atom. The molecule has 1 unspecified atom stereocenters. The standard InChI is InChI=1S/C19H21NO4S3/c1-3-24-16-7-6-14(2)11-17(16)27(22,23)20-13-19(21,15-8-10-25-12-15)18-5-4-9-26-18/h4-12,20-21H,3,13H2,1-2H3. The van der Waals surface area contributed by atoms with Gasteiger partial charge in [-0.3, -0.25) is 0 Å². The third-order valence-corrected chi connectivity index (χ3v) is 7.26. The summed E-state index contributed by atoms with van der Waals surface area (Å²) in [5, 5.41) is 16.9. The summed E-state index contributed by atoms with van der Waals surface area (Å²) in [5.74, 6) is 0.297. The van der Waals surface area contributed by atoms with E-state index in [0.717, 1.165) is 5.56 Å². The van der Waals surface area contributed by atoms with Gasteiger partial charge in [0.2, 0.25) is 10.0 Å². The molecule has 0 aliphatic heterocycles. The first-order chi connectivity index (χ1) is 12.9. The van der Waals surface area contributed by atoms with Gasteiger partial charge in [-0.1, -0.05) is 12.1 Å². The average Bonchev–Trinajstić information content (AvgIpc) is 3.35. The van der Waals surface area contributed by atoms with Gasteiger partial charge in [-0.05, 0) is 59.8 Å². The predicted molar refractivity (Wildman–Crippen MR) is 109 cm³/mol. The summed E-state index contributed by atoms with van der Waals surface area (Å²) in [6, 6.07) is 10.5. The van der Waals surface area contributed by atoms with Crippen LogP contribution in [0, 0.1) is 6.92 Å². The molecule has 0 saturated heterocycles. The van der Waals surface area contributed by atoms with Gasteiger partial charge in [0.1, 0.15) is 16.2 Å². The minimum absolute atomic E-state index is 0.0724. The van der Waals surface area contributed by atoms with E-state index in [0.29, 0.717) is 22.8 Å². The summed E-state index contributed by atoms with van der Waals surface area (Å²) < 4.78 is 34.0. The lowest BCUT2D eigenvalue weighted by atomic mass is 9.95. The Kier molecular flexibility index (Phi) is 6.02. The molecule has 0 spiro atoms. The lowest BCUT2D eigenvalue weighted by Gasteiger charge is -2.27. The summed E-state index contributed by atoms with van der Waals surface area (Å²) in [7, 11) is -3.88. The average molecular weight is 424 g/mol. The lowest BCUT2D eigenvalue weighted by molar-refractivity contribution is 0.0903. The summed E-state index contributed by atoms with van der Waals surface area (Å²) in [4.78, 5) is 0.751. The van der Waals surface area contributed by atoms with Crippen LogP contribution in [-0.2, 0) is 15.6 Å². The quantitative estimate of drug-likeness (QED) is 0.579. The minimum atomic E-state index is -3.88. The van der Waals surface area contributed by atoms with Crippen LogP contribution in [0.15, 0.2) is 57.4 Å². The molecule has 0 radical (unpaired) electrons. The van der Waals surface area contributed by atoms with E-state index >= 15 is 0 Å². The van der Waals surface area contributed by atoms with Crippen molar-refractivity contribution in [3.8, 4) is 5.75 Å². The molecule has 2 heterocycles. The Labute approximate surface area is 167 Å². The van der Waals surface area contributed by atoms with Crippen molar-refractivity contribution in [2.45, 2.75) is 24.3 Å². The van der Waals surface area contributed by atoms with Crippen LogP contribution in [0.4, 0.5) is 0 Å².